The van der Waals surface area contributed by atoms with E-state index < -0.39 is 18.0 Å². The largest absolute Gasteiger partial charge is 0.487 e. The Kier molecular flexibility index (Phi) is 6.02. The summed E-state index contributed by atoms with van der Waals surface area (Å²) in [5.74, 6) is -0.398. The Hall–Kier alpha value is -3.99. The van der Waals surface area contributed by atoms with Crippen LogP contribution in [0.4, 0.5) is 13.2 Å². The van der Waals surface area contributed by atoms with Gasteiger partial charge in [0.1, 0.15) is 11.6 Å². The molecule has 2 fully saturated rings. The minimum atomic E-state index is -4.59. The van der Waals surface area contributed by atoms with E-state index in [1.54, 1.807) is 12.4 Å². The molecule has 2 atom stereocenters. The molecule has 0 unspecified atom stereocenters. The van der Waals surface area contributed by atoms with Crippen LogP contribution in [-0.4, -0.2) is 73.6 Å². The zero-order valence-electron chi connectivity index (χ0n) is 20.6. The summed E-state index contributed by atoms with van der Waals surface area (Å²) in [5, 5.41) is 0. The molecule has 0 bridgehead atoms. The number of hydrogen-bond donors (Lipinski definition) is 0. The molecule has 8 nitrogen and oxygen atoms in total. The molecule has 2 aliphatic rings. The smallest absolute Gasteiger partial charge is 0.437 e. The number of alkyl halides is 3. The topological polar surface area (TPSA) is 76.4 Å². The molecule has 6 rings (SSSR count). The van der Waals surface area contributed by atoms with Crippen LogP contribution in [0.5, 0.6) is 5.75 Å². The van der Waals surface area contributed by atoms with Gasteiger partial charge in [-0.25, -0.2) is 9.97 Å². The molecule has 3 aromatic heterocycles. The molecule has 0 saturated carbocycles. The van der Waals surface area contributed by atoms with E-state index >= 15 is 0 Å². The molecule has 196 valence electrons. The van der Waals surface area contributed by atoms with Crippen molar-refractivity contribution in [3.05, 3.63) is 72.3 Å². The van der Waals surface area contributed by atoms with Crippen LogP contribution in [0.3, 0.4) is 0 Å². The van der Waals surface area contributed by atoms with Crippen molar-refractivity contribution >= 4 is 17.1 Å². The van der Waals surface area contributed by atoms with Crippen LogP contribution in [0.15, 0.2) is 61.1 Å². The molecule has 2 aliphatic heterocycles. The molecular weight excluding hydrogens is 497 g/mol. The highest BCUT2D eigenvalue weighted by Crippen LogP contribution is 2.37. The Morgan fingerprint density at radius 1 is 0.974 bits per heavy atom. The summed E-state index contributed by atoms with van der Waals surface area (Å²) in [6, 6.07) is 12.4. The minimum Gasteiger partial charge on any atom is -0.487 e. The van der Waals surface area contributed by atoms with Crippen LogP contribution in [0.1, 0.15) is 22.5 Å². The van der Waals surface area contributed by atoms with E-state index in [9.17, 15) is 18.0 Å². The van der Waals surface area contributed by atoms with E-state index in [4.69, 9.17) is 4.74 Å². The predicted octanol–water partition coefficient (Wildman–Crippen LogP) is 4.03. The van der Waals surface area contributed by atoms with Crippen LogP contribution in [0.25, 0.3) is 22.4 Å². The lowest BCUT2D eigenvalue weighted by Crippen LogP contribution is -2.52. The molecule has 0 spiro atoms. The van der Waals surface area contributed by atoms with E-state index in [1.807, 2.05) is 46.8 Å². The van der Waals surface area contributed by atoms with Crippen molar-refractivity contribution in [2.45, 2.75) is 24.7 Å². The Balaban J connectivity index is 1.25. The van der Waals surface area contributed by atoms with Gasteiger partial charge in [-0.15, -0.1) is 0 Å². The molecule has 0 radical (unpaired) electrons. The van der Waals surface area contributed by atoms with Gasteiger partial charge in [-0.05, 0) is 17.7 Å². The van der Waals surface area contributed by atoms with Gasteiger partial charge >= 0.3 is 6.18 Å². The fourth-order valence-corrected chi connectivity index (χ4v) is 5.58. The molecule has 38 heavy (non-hydrogen) atoms. The van der Waals surface area contributed by atoms with Gasteiger partial charge in [0.2, 0.25) is 0 Å². The number of nitrogens with zero attached hydrogens (tertiary/aromatic N) is 6. The number of carbonyl (C=O) groups excluding carboxylic acids is 1. The van der Waals surface area contributed by atoms with Crippen LogP contribution in [-0.2, 0) is 13.2 Å². The van der Waals surface area contributed by atoms with Crippen molar-refractivity contribution in [1.82, 2.24) is 29.3 Å². The zero-order chi connectivity index (χ0) is 26.4. The van der Waals surface area contributed by atoms with Crippen LogP contribution < -0.4 is 4.74 Å². The maximum absolute atomic E-state index is 14.0. The molecule has 2 saturated heterocycles. The number of fused-ring (bicyclic) bond motifs is 2. The molecule has 5 heterocycles. The first-order chi connectivity index (χ1) is 18.3. The second-order valence-corrected chi connectivity index (χ2v) is 9.60. The SMILES string of the molecule is Cn1c(-c2ccccc2)c(C(=O)N2CCN3C[C@H](Oc4cccnc4C(F)(F)F)C[C@H]3C2)c2nccnc21. The molecule has 1 aromatic carbocycles. The fourth-order valence-electron chi connectivity index (χ4n) is 5.58. The number of aryl methyl sites for hydroxylation is 1. The number of benzene rings is 1. The second-order valence-electron chi connectivity index (χ2n) is 9.60. The summed E-state index contributed by atoms with van der Waals surface area (Å²) in [6.45, 7) is 2.04. The van der Waals surface area contributed by atoms with Crippen molar-refractivity contribution in [1.29, 1.82) is 0 Å². The number of aromatic nitrogens is 4. The molecule has 0 N–H and O–H groups in total. The number of carbonyl (C=O) groups is 1. The Labute approximate surface area is 216 Å². The van der Waals surface area contributed by atoms with Gasteiger partial charge in [0.05, 0.1) is 11.3 Å². The third-order valence-electron chi connectivity index (χ3n) is 7.26. The van der Waals surface area contributed by atoms with Gasteiger partial charge in [0, 0.05) is 64.3 Å². The van der Waals surface area contributed by atoms with Crippen molar-refractivity contribution in [2.75, 3.05) is 26.2 Å². The van der Waals surface area contributed by atoms with Gasteiger partial charge in [0.25, 0.3) is 5.91 Å². The highest BCUT2D eigenvalue weighted by atomic mass is 19.4. The van der Waals surface area contributed by atoms with Crippen LogP contribution in [0, 0.1) is 0 Å². The lowest BCUT2D eigenvalue weighted by atomic mass is 10.0. The first-order valence-corrected chi connectivity index (χ1v) is 12.4. The molecular formula is C27H25F3N6O2. The molecule has 0 aliphatic carbocycles. The molecule has 4 aromatic rings. The quantitative estimate of drug-likeness (QED) is 0.403. The van der Waals surface area contributed by atoms with E-state index in [2.05, 4.69) is 19.9 Å². The monoisotopic (exact) mass is 522 g/mol. The second kappa shape index (κ2) is 9.39. The number of hydrogen-bond acceptors (Lipinski definition) is 6. The highest BCUT2D eigenvalue weighted by molar-refractivity contribution is 6.10. The van der Waals surface area contributed by atoms with Crippen LogP contribution in [0.2, 0.25) is 0 Å². The summed E-state index contributed by atoms with van der Waals surface area (Å²) in [5.41, 5.74) is 2.30. The number of halogens is 3. The van der Waals surface area contributed by atoms with Crippen molar-refractivity contribution in [3.8, 4) is 17.0 Å². The van der Waals surface area contributed by atoms with E-state index in [1.165, 1.54) is 12.1 Å². The zero-order valence-corrected chi connectivity index (χ0v) is 20.6. The number of rotatable bonds is 4. The minimum absolute atomic E-state index is 0.0232. The van der Waals surface area contributed by atoms with Gasteiger partial charge in [-0.2, -0.15) is 13.2 Å². The lowest BCUT2D eigenvalue weighted by Gasteiger charge is -2.37. The number of amides is 1. The average Bonchev–Trinajstić information content (AvgIpc) is 3.46. The Bertz CT molecular complexity index is 1490. The third kappa shape index (κ3) is 4.26. The molecule has 1 amide bonds. The number of pyridine rings is 1. The average molecular weight is 523 g/mol. The highest BCUT2D eigenvalue weighted by Gasteiger charge is 2.42. The van der Waals surface area contributed by atoms with Gasteiger partial charge in [-0.3, -0.25) is 14.7 Å². The van der Waals surface area contributed by atoms with Crippen molar-refractivity contribution < 1.29 is 22.7 Å². The van der Waals surface area contributed by atoms with Crippen molar-refractivity contribution in [3.63, 3.8) is 0 Å². The third-order valence-corrected chi connectivity index (χ3v) is 7.26. The normalized spacial score (nSPS) is 20.1. The maximum atomic E-state index is 14.0. The van der Waals surface area contributed by atoms with Crippen molar-refractivity contribution in [2.24, 2.45) is 7.05 Å². The maximum Gasteiger partial charge on any atom is 0.437 e. The molecule has 11 heteroatoms. The van der Waals surface area contributed by atoms with E-state index in [0.717, 1.165) is 17.5 Å². The summed E-state index contributed by atoms with van der Waals surface area (Å²) in [4.78, 5) is 30.4. The fraction of sp³-hybridized carbons (Fsp3) is 0.333. The van der Waals surface area contributed by atoms with Gasteiger partial charge in [-0.1, -0.05) is 30.3 Å². The summed E-state index contributed by atoms with van der Waals surface area (Å²) < 4.78 is 47.8. The van der Waals surface area contributed by atoms with Gasteiger partial charge < -0.3 is 14.2 Å². The first-order valence-electron chi connectivity index (χ1n) is 12.4. The lowest BCUT2D eigenvalue weighted by molar-refractivity contribution is -0.142. The summed E-state index contributed by atoms with van der Waals surface area (Å²) >= 11 is 0. The first kappa shape index (κ1) is 24.4. The van der Waals surface area contributed by atoms with E-state index in [0.29, 0.717) is 49.3 Å². The van der Waals surface area contributed by atoms with Gasteiger partial charge in [0.15, 0.2) is 17.1 Å². The Morgan fingerprint density at radius 2 is 1.76 bits per heavy atom. The standard InChI is InChI=1S/C27H25F3N6O2/c1-34-23(17-6-3-2-4-7-17)21(22-25(34)33-11-10-31-22)26(37)36-13-12-35-16-19(14-18(35)15-36)38-20-8-5-9-32-24(20)27(28,29)30/h2-11,18-19H,12-16H2,1H3/t18-,19+/m0/s1. The number of piperazine rings is 1. The van der Waals surface area contributed by atoms with E-state index in [-0.39, 0.29) is 17.7 Å². The number of ether oxygens (including phenoxy) is 1. The summed E-state index contributed by atoms with van der Waals surface area (Å²) in [6.07, 6.45) is -0.213. The van der Waals surface area contributed by atoms with Crippen LogP contribution >= 0.6 is 0 Å². The predicted molar refractivity (Wildman–Crippen MR) is 133 cm³/mol. The summed E-state index contributed by atoms with van der Waals surface area (Å²) in [7, 11) is 1.88. The Morgan fingerprint density at radius 3 is 2.55 bits per heavy atom.